The summed E-state index contributed by atoms with van der Waals surface area (Å²) in [5, 5.41) is 0. The molecule has 0 aliphatic carbocycles. The Morgan fingerprint density at radius 1 is 1.57 bits per heavy atom. The maximum absolute atomic E-state index is 5.17. The zero-order valence-electron chi connectivity index (χ0n) is 4.43. The van der Waals surface area contributed by atoms with E-state index in [1.54, 1.807) is 6.08 Å². The molecule has 1 radical (unpaired) electrons. The van der Waals surface area contributed by atoms with Gasteiger partial charge in [-0.25, -0.2) is 0 Å². The van der Waals surface area contributed by atoms with E-state index in [2.05, 4.69) is 4.90 Å². The van der Waals surface area contributed by atoms with E-state index in [0.717, 1.165) is 6.54 Å². The Labute approximate surface area is 44.6 Å². The summed E-state index contributed by atoms with van der Waals surface area (Å²) in [6, 6.07) is 0. The van der Waals surface area contributed by atoms with Gasteiger partial charge in [0.1, 0.15) is 0 Å². The molecule has 7 heavy (non-hydrogen) atoms. The third-order valence-corrected chi connectivity index (χ3v) is 1.31. The summed E-state index contributed by atoms with van der Waals surface area (Å²) < 4.78 is 0. The number of hydrogen-bond donors (Lipinski definition) is 0. The standard InChI is InChI=1S/C6H10N/c1-2-4-7-5-3-6-7/h1-2H,3-6H2. The van der Waals surface area contributed by atoms with Crippen molar-refractivity contribution in [3.8, 4) is 0 Å². The molecule has 0 aromatic carbocycles. The number of likely N-dealkylation sites (tertiary alicyclic amines) is 1. The molecule has 0 saturated carbocycles. The second kappa shape index (κ2) is 2.12. The SMILES string of the molecule is [CH]=CCN1CCC1. The van der Waals surface area contributed by atoms with E-state index in [0.29, 0.717) is 0 Å². The summed E-state index contributed by atoms with van der Waals surface area (Å²) >= 11 is 0. The molecule has 0 aromatic rings. The molecule has 0 spiro atoms. The molecule has 0 bridgehead atoms. The third kappa shape index (κ3) is 1.03. The lowest BCUT2D eigenvalue weighted by molar-refractivity contribution is 0.203. The van der Waals surface area contributed by atoms with Gasteiger partial charge in [-0.1, -0.05) is 12.7 Å². The summed E-state index contributed by atoms with van der Waals surface area (Å²) in [6.07, 6.45) is 3.06. The first-order valence-electron chi connectivity index (χ1n) is 2.69. The lowest BCUT2D eigenvalue weighted by Crippen LogP contribution is -2.36. The monoisotopic (exact) mass is 96.1 g/mol. The van der Waals surface area contributed by atoms with E-state index in [-0.39, 0.29) is 0 Å². The first kappa shape index (κ1) is 4.85. The Balaban J connectivity index is 2.03. The molecule has 1 heteroatoms. The molecule has 0 N–H and O–H groups in total. The van der Waals surface area contributed by atoms with Crippen molar-refractivity contribution in [2.75, 3.05) is 19.6 Å². The molecule has 1 nitrogen and oxygen atoms in total. The first-order chi connectivity index (χ1) is 3.43. The third-order valence-electron chi connectivity index (χ3n) is 1.31. The smallest absolute Gasteiger partial charge is 0.0166 e. The molecule has 0 atom stereocenters. The van der Waals surface area contributed by atoms with Gasteiger partial charge in [0.05, 0.1) is 0 Å². The van der Waals surface area contributed by atoms with Crippen molar-refractivity contribution < 1.29 is 0 Å². The van der Waals surface area contributed by atoms with Crippen LogP contribution in [0.25, 0.3) is 0 Å². The number of hydrogen-bond acceptors (Lipinski definition) is 1. The van der Waals surface area contributed by atoms with Gasteiger partial charge < -0.3 is 0 Å². The summed E-state index contributed by atoms with van der Waals surface area (Å²) in [5.41, 5.74) is 0. The van der Waals surface area contributed by atoms with Gasteiger partial charge in [0.2, 0.25) is 0 Å². The van der Waals surface area contributed by atoms with E-state index in [9.17, 15) is 0 Å². The van der Waals surface area contributed by atoms with E-state index in [4.69, 9.17) is 6.58 Å². The summed E-state index contributed by atoms with van der Waals surface area (Å²) in [6.45, 7) is 8.63. The highest BCUT2D eigenvalue weighted by Crippen LogP contribution is 2.03. The fraction of sp³-hybridized carbons (Fsp3) is 0.667. The zero-order chi connectivity index (χ0) is 5.11. The van der Waals surface area contributed by atoms with Gasteiger partial charge in [0, 0.05) is 6.54 Å². The summed E-state index contributed by atoms with van der Waals surface area (Å²) in [7, 11) is 0. The van der Waals surface area contributed by atoms with Crippen LogP contribution in [-0.2, 0) is 0 Å². The highest BCUT2D eigenvalue weighted by molar-refractivity contribution is 4.76. The Hall–Kier alpha value is -0.300. The fourth-order valence-corrected chi connectivity index (χ4v) is 0.713. The fourth-order valence-electron chi connectivity index (χ4n) is 0.713. The molecule has 0 unspecified atom stereocenters. The van der Waals surface area contributed by atoms with Gasteiger partial charge in [-0.3, -0.25) is 4.90 Å². The molecule has 1 heterocycles. The lowest BCUT2D eigenvalue weighted by Gasteiger charge is -2.28. The van der Waals surface area contributed by atoms with Crippen molar-refractivity contribution in [3.63, 3.8) is 0 Å². The largest absolute Gasteiger partial charge is 0.300 e. The van der Waals surface area contributed by atoms with Crippen LogP contribution in [-0.4, -0.2) is 24.5 Å². The topological polar surface area (TPSA) is 3.24 Å². The van der Waals surface area contributed by atoms with Crippen LogP contribution in [0.3, 0.4) is 0 Å². The van der Waals surface area contributed by atoms with Gasteiger partial charge in [-0.15, -0.1) is 0 Å². The lowest BCUT2D eigenvalue weighted by atomic mass is 10.2. The predicted octanol–water partition coefficient (Wildman–Crippen LogP) is 0.681. The van der Waals surface area contributed by atoms with E-state index in [1.807, 2.05) is 0 Å². The quantitative estimate of drug-likeness (QED) is 0.488. The molecule has 39 valence electrons. The van der Waals surface area contributed by atoms with Crippen LogP contribution in [0.5, 0.6) is 0 Å². The number of rotatable bonds is 2. The van der Waals surface area contributed by atoms with E-state index >= 15 is 0 Å². The Morgan fingerprint density at radius 2 is 2.29 bits per heavy atom. The van der Waals surface area contributed by atoms with Gasteiger partial charge in [-0.05, 0) is 19.5 Å². The highest BCUT2D eigenvalue weighted by atomic mass is 15.2. The maximum Gasteiger partial charge on any atom is 0.0166 e. The van der Waals surface area contributed by atoms with Gasteiger partial charge in [-0.2, -0.15) is 0 Å². The Morgan fingerprint density at radius 3 is 2.43 bits per heavy atom. The molecule has 0 aromatic heterocycles. The molecule has 1 fully saturated rings. The normalized spacial score (nSPS) is 21.1. The van der Waals surface area contributed by atoms with Crippen molar-refractivity contribution in [2.24, 2.45) is 0 Å². The summed E-state index contributed by atoms with van der Waals surface area (Å²) in [5.74, 6) is 0. The highest BCUT2D eigenvalue weighted by Gasteiger charge is 2.09. The van der Waals surface area contributed by atoms with Crippen LogP contribution in [0.1, 0.15) is 6.42 Å². The molecule has 0 amide bonds. The average Bonchev–Trinajstić information content (AvgIpc) is 1.55. The van der Waals surface area contributed by atoms with Gasteiger partial charge in [0.25, 0.3) is 0 Å². The van der Waals surface area contributed by atoms with Crippen LogP contribution in [0.4, 0.5) is 0 Å². The minimum atomic E-state index is 0.972. The molecular formula is C6H10N. The van der Waals surface area contributed by atoms with E-state index in [1.165, 1.54) is 19.5 Å². The van der Waals surface area contributed by atoms with E-state index < -0.39 is 0 Å². The van der Waals surface area contributed by atoms with Gasteiger partial charge >= 0.3 is 0 Å². The van der Waals surface area contributed by atoms with Gasteiger partial charge in [0.15, 0.2) is 0 Å². The maximum atomic E-state index is 5.17. The van der Waals surface area contributed by atoms with Crippen molar-refractivity contribution in [3.05, 3.63) is 12.7 Å². The minimum Gasteiger partial charge on any atom is -0.300 e. The van der Waals surface area contributed by atoms with Crippen LogP contribution >= 0.6 is 0 Å². The minimum absolute atomic E-state index is 0.972. The molecule has 1 saturated heterocycles. The van der Waals surface area contributed by atoms with Crippen LogP contribution in [0.2, 0.25) is 0 Å². The second-order valence-corrected chi connectivity index (χ2v) is 1.89. The van der Waals surface area contributed by atoms with Crippen LogP contribution < -0.4 is 0 Å². The molecule has 1 aliphatic heterocycles. The zero-order valence-corrected chi connectivity index (χ0v) is 4.43. The van der Waals surface area contributed by atoms with Crippen LogP contribution in [0.15, 0.2) is 6.08 Å². The Bertz CT molecular complexity index is 64.6. The molecule has 1 aliphatic rings. The number of nitrogens with zero attached hydrogens (tertiary/aromatic N) is 1. The summed E-state index contributed by atoms with van der Waals surface area (Å²) in [4.78, 5) is 2.31. The first-order valence-corrected chi connectivity index (χ1v) is 2.69. The second-order valence-electron chi connectivity index (χ2n) is 1.89. The van der Waals surface area contributed by atoms with Crippen molar-refractivity contribution in [1.82, 2.24) is 4.90 Å². The average molecular weight is 96.2 g/mol. The Kier molecular flexibility index (Phi) is 1.47. The van der Waals surface area contributed by atoms with Crippen molar-refractivity contribution in [2.45, 2.75) is 6.42 Å². The molecule has 1 rings (SSSR count). The molecular weight excluding hydrogens is 86.1 g/mol. The van der Waals surface area contributed by atoms with Crippen molar-refractivity contribution in [1.29, 1.82) is 0 Å². The predicted molar refractivity (Wildman–Crippen MR) is 29.9 cm³/mol. The van der Waals surface area contributed by atoms with Crippen molar-refractivity contribution >= 4 is 0 Å². The van der Waals surface area contributed by atoms with Crippen LogP contribution in [0, 0.1) is 6.58 Å².